The molecule has 1 aliphatic carbocycles. The van der Waals surface area contributed by atoms with E-state index in [-0.39, 0.29) is 42.1 Å². The van der Waals surface area contributed by atoms with Crippen molar-refractivity contribution in [3.63, 3.8) is 0 Å². The summed E-state index contributed by atoms with van der Waals surface area (Å²) in [5.74, 6) is -0.542. The van der Waals surface area contributed by atoms with Gasteiger partial charge >= 0.3 is 0 Å². The quantitative estimate of drug-likeness (QED) is 0.562. The van der Waals surface area contributed by atoms with Crippen molar-refractivity contribution < 1.29 is 14.4 Å². The highest BCUT2D eigenvalue weighted by atomic mass is 32.2. The normalized spacial score (nSPS) is 25.3. The van der Waals surface area contributed by atoms with Crippen LogP contribution in [0.2, 0.25) is 0 Å². The molecule has 5 rings (SSSR count). The fourth-order valence-electron chi connectivity index (χ4n) is 4.65. The molecule has 0 N–H and O–H groups in total. The van der Waals surface area contributed by atoms with Crippen LogP contribution in [0.1, 0.15) is 24.4 Å². The Hall–Kier alpha value is -2.86. The molecule has 3 atom stereocenters. The smallest absolute Gasteiger partial charge is 0.247 e. The lowest BCUT2D eigenvalue weighted by Crippen LogP contribution is -2.46. The van der Waals surface area contributed by atoms with E-state index in [2.05, 4.69) is 0 Å². The standard InChI is InChI=1S/C24H22N2O3S/c27-22(14-25-23(28)17-10-4-5-11-18(17)24(25)29)26-19-12-6-7-13-21(19)30-15-20(26)16-8-2-1-3-9-16/h1-9,12-13,17-18,20H,10-11,14-15H2/t17-,18-,20-/m1/s1. The molecule has 2 heterocycles. The summed E-state index contributed by atoms with van der Waals surface area (Å²) in [7, 11) is 0. The van der Waals surface area contributed by atoms with E-state index in [1.54, 1.807) is 16.7 Å². The number of imide groups is 1. The Morgan fingerprint density at radius 1 is 0.900 bits per heavy atom. The van der Waals surface area contributed by atoms with Gasteiger partial charge in [0.2, 0.25) is 17.7 Å². The largest absolute Gasteiger partial charge is 0.301 e. The molecule has 0 spiro atoms. The lowest BCUT2D eigenvalue weighted by atomic mass is 9.85. The summed E-state index contributed by atoms with van der Waals surface area (Å²) >= 11 is 1.72. The number of anilines is 1. The first-order valence-electron chi connectivity index (χ1n) is 10.2. The first-order chi connectivity index (χ1) is 14.6. The summed E-state index contributed by atoms with van der Waals surface area (Å²) < 4.78 is 0. The molecule has 0 unspecified atom stereocenters. The minimum atomic E-state index is -0.315. The Morgan fingerprint density at radius 2 is 1.53 bits per heavy atom. The summed E-state index contributed by atoms with van der Waals surface area (Å²) in [4.78, 5) is 43.3. The zero-order valence-electron chi connectivity index (χ0n) is 16.4. The number of thioether (sulfide) groups is 1. The van der Waals surface area contributed by atoms with Crippen molar-refractivity contribution in [3.05, 3.63) is 72.3 Å². The van der Waals surface area contributed by atoms with Crippen LogP contribution in [0.3, 0.4) is 0 Å². The Kier molecular flexibility index (Phi) is 4.95. The highest BCUT2D eigenvalue weighted by Crippen LogP contribution is 2.43. The molecule has 0 saturated carbocycles. The molecule has 0 aromatic heterocycles. The lowest BCUT2D eigenvalue weighted by Gasteiger charge is -2.37. The summed E-state index contributed by atoms with van der Waals surface area (Å²) in [5, 5.41) is 0. The second kappa shape index (κ2) is 7.76. The van der Waals surface area contributed by atoms with Crippen LogP contribution < -0.4 is 4.90 Å². The van der Waals surface area contributed by atoms with Gasteiger partial charge in [0.05, 0.1) is 23.6 Å². The number of benzene rings is 2. The average Bonchev–Trinajstić information content (AvgIpc) is 3.04. The number of para-hydroxylation sites is 1. The number of fused-ring (bicyclic) bond motifs is 2. The number of hydrogen-bond donors (Lipinski definition) is 0. The summed E-state index contributed by atoms with van der Waals surface area (Å²) in [6.45, 7) is -0.201. The Bertz CT molecular complexity index is 1010. The van der Waals surface area contributed by atoms with Gasteiger partial charge < -0.3 is 4.90 Å². The Labute approximate surface area is 179 Å². The van der Waals surface area contributed by atoms with Crippen LogP contribution in [-0.4, -0.2) is 34.9 Å². The van der Waals surface area contributed by atoms with E-state index < -0.39 is 0 Å². The predicted octanol–water partition coefficient (Wildman–Crippen LogP) is 3.82. The highest BCUT2D eigenvalue weighted by molar-refractivity contribution is 7.99. The summed E-state index contributed by atoms with van der Waals surface area (Å²) in [6.07, 6.45) is 5.08. The molecular weight excluding hydrogens is 396 g/mol. The predicted molar refractivity (Wildman–Crippen MR) is 116 cm³/mol. The fraction of sp³-hybridized carbons (Fsp3) is 0.292. The van der Waals surface area contributed by atoms with E-state index in [0.717, 1.165) is 21.9 Å². The van der Waals surface area contributed by atoms with Crippen LogP contribution in [0.4, 0.5) is 5.69 Å². The van der Waals surface area contributed by atoms with Gasteiger partial charge in [-0.1, -0.05) is 54.6 Å². The maximum Gasteiger partial charge on any atom is 0.247 e. The number of rotatable bonds is 3. The molecule has 3 aliphatic rings. The third-order valence-electron chi connectivity index (χ3n) is 6.18. The Balaban J connectivity index is 1.46. The molecule has 2 aliphatic heterocycles. The van der Waals surface area contributed by atoms with Gasteiger partial charge in [0.1, 0.15) is 6.54 Å². The first kappa shape index (κ1) is 19.1. The van der Waals surface area contributed by atoms with Crippen LogP contribution in [0.5, 0.6) is 0 Å². The maximum absolute atomic E-state index is 13.6. The molecule has 2 aromatic carbocycles. The SMILES string of the molecule is O=C1[C@@H]2CC=CC[C@H]2C(=O)N1CC(=O)N1c2ccccc2SC[C@@H]1c1ccccc1. The number of amides is 3. The van der Waals surface area contributed by atoms with Gasteiger partial charge in [-0.15, -0.1) is 11.8 Å². The van der Waals surface area contributed by atoms with E-state index in [0.29, 0.717) is 12.8 Å². The third-order valence-corrected chi connectivity index (χ3v) is 7.32. The minimum absolute atomic E-state index is 0.143. The van der Waals surface area contributed by atoms with Crippen LogP contribution in [-0.2, 0) is 14.4 Å². The van der Waals surface area contributed by atoms with Crippen molar-refractivity contribution in [3.8, 4) is 0 Å². The number of hydrogen-bond acceptors (Lipinski definition) is 4. The summed E-state index contributed by atoms with van der Waals surface area (Å²) in [6, 6.07) is 17.6. The van der Waals surface area contributed by atoms with Crippen LogP contribution >= 0.6 is 11.8 Å². The first-order valence-corrected chi connectivity index (χ1v) is 11.2. The van der Waals surface area contributed by atoms with E-state index in [9.17, 15) is 14.4 Å². The summed E-state index contributed by atoms with van der Waals surface area (Å²) in [5.41, 5.74) is 1.88. The van der Waals surface area contributed by atoms with Gasteiger partial charge in [-0.05, 0) is 30.5 Å². The number of allylic oxidation sites excluding steroid dienone is 2. The van der Waals surface area contributed by atoms with Crippen molar-refractivity contribution in [2.75, 3.05) is 17.2 Å². The van der Waals surface area contributed by atoms with Crippen molar-refractivity contribution in [1.82, 2.24) is 4.90 Å². The average molecular weight is 419 g/mol. The van der Waals surface area contributed by atoms with Gasteiger partial charge in [-0.2, -0.15) is 0 Å². The second-order valence-electron chi connectivity index (χ2n) is 7.89. The third kappa shape index (κ3) is 3.16. The van der Waals surface area contributed by atoms with Crippen LogP contribution in [0, 0.1) is 11.8 Å². The van der Waals surface area contributed by atoms with Crippen LogP contribution in [0.15, 0.2) is 71.6 Å². The maximum atomic E-state index is 13.6. The molecule has 2 aromatic rings. The molecule has 0 bridgehead atoms. The fourth-order valence-corrected chi connectivity index (χ4v) is 5.82. The molecular formula is C24H22N2O3S. The topological polar surface area (TPSA) is 57.7 Å². The lowest BCUT2D eigenvalue weighted by molar-refractivity contribution is -0.143. The number of likely N-dealkylation sites (tertiary alicyclic amines) is 1. The number of nitrogens with zero attached hydrogens (tertiary/aromatic N) is 2. The minimum Gasteiger partial charge on any atom is -0.301 e. The molecule has 5 nitrogen and oxygen atoms in total. The van der Waals surface area contributed by atoms with Crippen molar-refractivity contribution in [2.24, 2.45) is 11.8 Å². The molecule has 30 heavy (non-hydrogen) atoms. The molecule has 3 amide bonds. The van der Waals surface area contributed by atoms with Gasteiger partial charge in [-0.3, -0.25) is 19.3 Å². The molecule has 0 radical (unpaired) electrons. The zero-order chi connectivity index (χ0) is 20.7. The van der Waals surface area contributed by atoms with Gasteiger partial charge in [0, 0.05) is 10.6 Å². The number of carbonyl (C=O) groups excluding carboxylic acids is 3. The molecule has 1 saturated heterocycles. The van der Waals surface area contributed by atoms with Crippen molar-refractivity contribution in [1.29, 1.82) is 0 Å². The van der Waals surface area contributed by atoms with Gasteiger partial charge in [-0.25, -0.2) is 0 Å². The number of carbonyl (C=O) groups is 3. The van der Waals surface area contributed by atoms with E-state index in [4.69, 9.17) is 0 Å². The molecule has 6 heteroatoms. The molecule has 1 fully saturated rings. The van der Waals surface area contributed by atoms with Crippen molar-refractivity contribution in [2.45, 2.75) is 23.8 Å². The van der Waals surface area contributed by atoms with E-state index in [1.807, 2.05) is 66.7 Å². The van der Waals surface area contributed by atoms with Crippen LogP contribution in [0.25, 0.3) is 0 Å². The monoisotopic (exact) mass is 418 g/mol. The molecule has 152 valence electrons. The highest BCUT2D eigenvalue weighted by Gasteiger charge is 2.48. The second-order valence-corrected chi connectivity index (χ2v) is 8.95. The van der Waals surface area contributed by atoms with E-state index in [1.165, 1.54) is 4.90 Å². The zero-order valence-corrected chi connectivity index (χ0v) is 17.3. The van der Waals surface area contributed by atoms with Gasteiger partial charge in [0.15, 0.2) is 0 Å². The van der Waals surface area contributed by atoms with E-state index >= 15 is 0 Å². The van der Waals surface area contributed by atoms with Gasteiger partial charge in [0.25, 0.3) is 0 Å². The Morgan fingerprint density at radius 3 is 2.23 bits per heavy atom. The van der Waals surface area contributed by atoms with Crippen molar-refractivity contribution >= 4 is 35.2 Å².